The van der Waals surface area contributed by atoms with Gasteiger partial charge in [-0.3, -0.25) is 19.3 Å². The van der Waals surface area contributed by atoms with Crippen molar-refractivity contribution in [3.05, 3.63) is 98.6 Å². The molecule has 0 aliphatic carbocycles. The zero-order valence-electron chi connectivity index (χ0n) is 18.0. The van der Waals surface area contributed by atoms with Crippen molar-refractivity contribution in [2.75, 3.05) is 11.9 Å². The highest BCUT2D eigenvalue weighted by Crippen LogP contribution is 2.35. The summed E-state index contributed by atoms with van der Waals surface area (Å²) < 4.78 is 18.8. The maximum Gasteiger partial charge on any atom is 0.293 e. The number of imide groups is 1. The molecule has 3 amide bonds. The molecular weight excluding hydrogens is 514 g/mol. The van der Waals surface area contributed by atoms with Gasteiger partial charge < -0.3 is 10.1 Å². The van der Waals surface area contributed by atoms with Gasteiger partial charge >= 0.3 is 0 Å². The molecule has 1 fully saturated rings. The number of amides is 3. The minimum atomic E-state index is -0.506. The maximum absolute atomic E-state index is 13.3. The van der Waals surface area contributed by atoms with E-state index < -0.39 is 17.0 Å². The molecule has 0 spiro atoms. The van der Waals surface area contributed by atoms with Crippen molar-refractivity contribution in [2.45, 2.75) is 6.54 Å². The van der Waals surface area contributed by atoms with Crippen LogP contribution in [-0.4, -0.2) is 28.6 Å². The lowest BCUT2D eigenvalue weighted by Gasteiger charge is -2.13. The summed E-state index contributed by atoms with van der Waals surface area (Å²) in [6, 6.07) is 17.5. The molecule has 0 saturated carbocycles. The number of hydrogen-bond acceptors (Lipinski definition) is 5. The number of nitrogens with one attached hydrogen (secondary N) is 1. The van der Waals surface area contributed by atoms with Gasteiger partial charge in [0.1, 0.15) is 11.6 Å². The first-order valence-electron chi connectivity index (χ1n) is 10.3. The van der Waals surface area contributed by atoms with Crippen molar-refractivity contribution in [1.29, 1.82) is 0 Å². The summed E-state index contributed by atoms with van der Waals surface area (Å²) in [5, 5.41) is 2.62. The summed E-state index contributed by atoms with van der Waals surface area (Å²) in [6.45, 7) is -0.307. The van der Waals surface area contributed by atoms with E-state index in [2.05, 4.69) is 5.32 Å². The van der Waals surface area contributed by atoms with E-state index in [-0.39, 0.29) is 34.0 Å². The van der Waals surface area contributed by atoms with Gasteiger partial charge in [0, 0.05) is 10.7 Å². The molecule has 178 valence electrons. The molecule has 1 aliphatic rings. The summed E-state index contributed by atoms with van der Waals surface area (Å²) in [5.41, 5.74) is 1.68. The third-order valence-electron chi connectivity index (χ3n) is 4.89. The Morgan fingerprint density at radius 2 is 1.80 bits per heavy atom. The van der Waals surface area contributed by atoms with Crippen LogP contribution in [0.4, 0.5) is 14.9 Å². The normalized spacial score (nSPS) is 14.5. The molecule has 0 bridgehead atoms. The van der Waals surface area contributed by atoms with Crippen LogP contribution in [0, 0.1) is 5.82 Å². The average molecular weight is 531 g/mol. The smallest absolute Gasteiger partial charge is 0.293 e. The molecular formula is C25H17Cl2FN2O4S. The molecule has 1 heterocycles. The number of anilines is 1. The Bertz CT molecular complexity index is 1330. The standard InChI is InChI=1S/C25H17Cl2FN2O4S/c26-19-12-17(28)8-7-16(19)13-30-24(32)22(35-25(30)33)11-15-6-9-21(20(27)10-15)34-14-23(31)29-18-4-2-1-3-5-18/h1-12H,13-14H2,(H,29,31)/b22-11-. The first-order chi connectivity index (χ1) is 16.8. The van der Waals surface area contributed by atoms with Gasteiger partial charge in [0.25, 0.3) is 17.1 Å². The lowest BCUT2D eigenvalue weighted by Crippen LogP contribution is -2.27. The van der Waals surface area contributed by atoms with Crippen molar-refractivity contribution in [2.24, 2.45) is 0 Å². The molecule has 3 aromatic rings. The number of ether oxygens (including phenoxy) is 1. The van der Waals surface area contributed by atoms with Gasteiger partial charge in [-0.05, 0) is 65.4 Å². The van der Waals surface area contributed by atoms with Gasteiger partial charge in [-0.15, -0.1) is 0 Å². The predicted molar refractivity (Wildman–Crippen MR) is 135 cm³/mol. The Balaban J connectivity index is 1.40. The van der Waals surface area contributed by atoms with Crippen molar-refractivity contribution >= 4 is 63.8 Å². The number of carbonyl (C=O) groups is 3. The van der Waals surface area contributed by atoms with Gasteiger partial charge in [0.15, 0.2) is 6.61 Å². The number of para-hydroxylation sites is 1. The molecule has 6 nitrogen and oxygen atoms in total. The molecule has 1 aliphatic heterocycles. The molecule has 0 aromatic heterocycles. The first-order valence-corrected chi connectivity index (χ1v) is 11.8. The molecule has 1 N–H and O–H groups in total. The second-order valence-corrected chi connectivity index (χ2v) is 9.20. The van der Waals surface area contributed by atoms with Crippen LogP contribution in [0.1, 0.15) is 11.1 Å². The van der Waals surface area contributed by atoms with Crippen molar-refractivity contribution in [1.82, 2.24) is 4.90 Å². The van der Waals surface area contributed by atoms with E-state index in [9.17, 15) is 18.8 Å². The quantitative estimate of drug-likeness (QED) is 0.358. The van der Waals surface area contributed by atoms with E-state index in [1.165, 1.54) is 18.2 Å². The van der Waals surface area contributed by atoms with Crippen LogP contribution in [0.15, 0.2) is 71.6 Å². The lowest BCUT2D eigenvalue weighted by molar-refractivity contribution is -0.123. The molecule has 3 aromatic carbocycles. The summed E-state index contributed by atoms with van der Waals surface area (Å²) in [4.78, 5) is 38.5. The summed E-state index contributed by atoms with van der Waals surface area (Å²) in [7, 11) is 0. The van der Waals surface area contributed by atoms with Gasteiger partial charge in [0.2, 0.25) is 0 Å². The number of halogens is 3. The van der Waals surface area contributed by atoms with Crippen LogP contribution in [0.25, 0.3) is 6.08 Å². The summed E-state index contributed by atoms with van der Waals surface area (Å²) in [5.74, 6) is -1.04. The fourth-order valence-electron chi connectivity index (χ4n) is 3.19. The third-order valence-corrected chi connectivity index (χ3v) is 6.44. The second-order valence-electron chi connectivity index (χ2n) is 7.40. The Morgan fingerprint density at radius 1 is 1.03 bits per heavy atom. The van der Waals surface area contributed by atoms with Crippen molar-refractivity contribution in [3.8, 4) is 5.75 Å². The maximum atomic E-state index is 13.3. The third kappa shape index (κ3) is 6.22. The van der Waals surface area contributed by atoms with Crippen LogP contribution in [-0.2, 0) is 16.1 Å². The number of hydrogen-bond donors (Lipinski definition) is 1. The average Bonchev–Trinajstić information content (AvgIpc) is 3.08. The number of rotatable bonds is 7. The Labute approximate surface area is 214 Å². The summed E-state index contributed by atoms with van der Waals surface area (Å²) in [6.07, 6.45) is 1.54. The number of benzene rings is 3. The van der Waals surface area contributed by atoms with E-state index in [0.29, 0.717) is 22.6 Å². The van der Waals surface area contributed by atoms with E-state index in [0.717, 1.165) is 22.7 Å². The van der Waals surface area contributed by atoms with E-state index in [1.54, 1.807) is 42.5 Å². The largest absolute Gasteiger partial charge is 0.482 e. The highest BCUT2D eigenvalue weighted by atomic mass is 35.5. The zero-order chi connectivity index (χ0) is 24.9. The molecule has 35 heavy (non-hydrogen) atoms. The fourth-order valence-corrected chi connectivity index (χ4v) is 4.50. The monoisotopic (exact) mass is 530 g/mol. The topological polar surface area (TPSA) is 75.7 Å². The van der Waals surface area contributed by atoms with Gasteiger partial charge in [-0.1, -0.05) is 53.5 Å². The zero-order valence-corrected chi connectivity index (χ0v) is 20.3. The highest BCUT2D eigenvalue weighted by Gasteiger charge is 2.35. The molecule has 1 saturated heterocycles. The van der Waals surface area contributed by atoms with E-state index in [1.807, 2.05) is 6.07 Å². The molecule has 0 unspecified atom stereocenters. The minimum Gasteiger partial charge on any atom is -0.482 e. The van der Waals surface area contributed by atoms with Crippen molar-refractivity contribution in [3.63, 3.8) is 0 Å². The fraction of sp³-hybridized carbons (Fsp3) is 0.0800. The Kier molecular flexibility index (Phi) is 7.75. The van der Waals surface area contributed by atoms with E-state index in [4.69, 9.17) is 27.9 Å². The van der Waals surface area contributed by atoms with Crippen LogP contribution in [0.3, 0.4) is 0 Å². The van der Waals surface area contributed by atoms with E-state index >= 15 is 0 Å². The van der Waals surface area contributed by atoms with Gasteiger partial charge in [0.05, 0.1) is 16.5 Å². The SMILES string of the molecule is O=C(COc1ccc(/C=C2\SC(=O)N(Cc3ccc(F)cc3Cl)C2=O)cc1Cl)Nc1ccccc1. The molecule has 4 rings (SSSR count). The summed E-state index contributed by atoms with van der Waals surface area (Å²) >= 11 is 13.1. The van der Waals surface area contributed by atoms with Crippen molar-refractivity contribution < 1.29 is 23.5 Å². The van der Waals surface area contributed by atoms with Crippen LogP contribution in [0.5, 0.6) is 5.75 Å². The number of carbonyl (C=O) groups excluding carboxylic acids is 3. The Morgan fingerprint density at radius 3 is 2.51 bits per heavy atom. The van der Waals surface area contributed by atoms with Gasteiger partial charge in [-0.25, -0.2) is 4.39 Å². The predicted octanol–water partition coefficient (Wildman–Crippen LogP) is 6.39. The van der Waals surface area contributed by atoms with Crippen LogP contribution >= 0.6 is 35.0 Å². The van der Waals surface area contributed by atoms with Crippen LogP contribution < -0.4 is 10.1 Å². The minimum absolute atomic E-state index is 0.0697. The molecule has 0 atom stereocenters. The van der Waals surface area contributed by atoms with Crippen LogP contribution in [0.2, 0.25) is 10.0 Å². The molecule has 10 heteroatoms. The second kappa shape index (κ2) is 10.9. The first kappa shape index (κ1) is 24.8. The molecule has 0 radical (unpaired) electrons. The Hall–Kier alpha value is -3.33. The number of nitrogens with zero attached hydrogens (tertiary/aromatic N) is 1. The number of thioether (sulfide) groups is 1. The highest BCUT2D eigenvalue weighted by molar-refractivity contribution is 8.18. The van der Waals surface area contributed by atoms with Gasteiger partial charge in [-0.2, -0.15) is 0 Å². The lowest BCUT2D eigenvalue weighted by atomic mass is 10.2.